The first-order valence-electron chi connectivity index (χ1n) is 10.6. The van der Waals surface area contributed by atoms with Gasteiger partial charge in [0.1, 0.15) is 6.10 Å². The molecule has 5 rings (SSSR count). The maximum absolute atomic E-state index is 6.47. The fourth-order valence-corrected chi connectivity index (χ4v) is 6.50. The highest BCUT2D eigenvalue weighted by molar-refractivity contribution is 7.80. The fourth-order valence-electron chi connectivity index (χ4n) is 4.05. The van der Waals surface area contributed by atoms with Crippen LogP contribution < -0.4 is 15.9 Å². The quantitative estimate of drug-likeness (QED) is 0.398. The van der Waals surface area contributed by atoms with Crippen molar-refractivity contribution in [2.75, 3.05) is 0 Å². The van der Waals surface area contributed by atoms with Crippen molar-refractivity contribution in [1.29, 1.82) is 0 Å². The maximum Gasteiger partial charge on any atom is 0.217 e. The smallest absolute Gasteiger partial charge is 0.217 e. The first-order chi connectivity index (χ1) is 15.3. The van der Waals surface area contributed by atoms with Gasteiger partial charge in [-0.3, -0.25) is 0 Å². The lowest BCUT2D eigenvalue weighted by Gasteiger charge is -2.22. The largest absolute Gasteiger partial charge is 0.467 e. The van der Waals surface area contributed by atoms with Crippen LogP contribution in [0, 0.1) is 0 Å². The highest BCUT2D eigenvalue weighted by atomic mass is 31.1. The van der Waals surface area contributed by atoms with E-state index < -0.39 is 7.92 Å². The summed E-state index contributed by atoms with van der Waals surface area (Å²) in [5, 5.41) is 3.92. The molecule has 0 fully saturated rings. The summed E-state index contributed by atoms with van der Waals surface area (Å²) in [5.41, 5.74) is 2.26. The number of hydrogen-bond donors (Lipinski definition) is 0. The molecular formula is C28H24NOP. The molecule has 0 aromatic heterocycles. The van der Waals surface area contributed by atoms with Crippen LogP contribution in [0.4, 0.5) is 0 Å². The van der Waals surface area contributed by atoms with Crippen LogP contribution in [0.15, 0.2) is 120 Å². The fraction of sp³-hybridized carbons (Fsp3) is 0.107. The molecule has 0 radical (unpaired) electrons. The lowest BCUT2D eigenvalue weighted by atomic mass is 10.0. The molecule has 0 aliphatic carbocycles. The SMILES string of the molecule is CC1N=C(c2ccccc2P(c2ccccc2)c2ccccc2)OC1c1ccccc1. The summed E-state index contributed by atoms with van der Waals surface area (Å²) in [6, 6.07) is 40.6. The van der Waals surface area contributed by atoms with Gasteiger partial charge in [0.05, 0.1) is 6.04 Å². The summed E-state index contributed by atoms with van der Waals surface area (Å²) in [5.74, 6) is 0.747. The second-order valence-corrected chi connectivity index (χ2v) is 9.83. The van der Waals surface area contributed by atoms with Gasteiger partial charge in [-0.2, -0.15) is 0 Å². The molecule has 31 heavy (non-hydrogen) atoms. The van der Waals surface area contributed by atoms with Gasteiger partial charge in [0.25, 0.3) is 0 Å². The molecule has 152 valence electrons. The lowest BCUT2D eigenvalue weighted by molar-refractivity contribution is 0.202. The van der Waals surface area contributed by atoms with Crippen LogP contribution in [0.5, 0.6) is 0 Å². The number of hydrogen-bond acceptors (Lipinski definition) is 2. The Labute approximate surface area is 185 Å². The Morgan fingerprint density at radius 1 is 0.645 bits per heavy atom. The van der Waals surface area contributed by atoms with E-state index in [1.807, 2.05) is 6.07 Å². The number of ether oxygens (including phenoxy) is 1. The second kappa shape index (κ2) is 8.88. The van der Waals surface area contributed by atoms with Crippen molar-refractivity contribution in [1.82, 2.24) is 0 Å². The van der Waals surface area contributed by atoms with Gasteiger partial charge >= 0.3 is 0 Å². The summed E-state index contributed by atoms with van der Waals surface area (Å²) in [4.78, 5) is 4.95. The highest BCUT2D eigenvalue weighted by Gasteiger charge is 2.32. The van der Waals surface area contributed by atoms with Gasteiger partial charge in [0.15, 0.2) is 0 Å². The maximum atomic E-state index is 6.47. The third kappa shape index (κ3) is 4.04. The van der Waals surface area contributed by atoms with Crippen molar-refractivity contribution in [2.45, 2.75) is 19.1 Å². The summed E-state index contributed by atoms with van der Waals surface area (Å²) in [6.45, 7) is 2.13. The lowest BCUT2D eigenvalue weighted by Crippen LogP contribution is -2.25. The highest BCUT2D eigenvalue weighted by Crippen LogP contribution is 2.36. The third-order valence-corrected chi connectivity index (χ3v) is 8.03. The van der Waals surface area contributed by atoms with Crippen LogP contribution in [0.25, 0.3) is 0 Å². The average molecular weight is 421 g/mol. The van der Waals surface area contributed by atoms with Crippen molar-refractivity contribution in [3.8, 4) is 0 Å². The molecular weight excluding hydrogens is 397 g/mol. The zero-order chi connectivity index (χ0) is 21.0. The molecule has 2 nitrogen and oxygen atoms in total. The molecule has 3 heteroatoms. The Hall–Kier alpha value is -3.22. The van der Waals surface area contributed by atoms with E-state index in [9.17, 15) is 0 Å². The van der Waals surface area contributed by atoms with Crippen LogP contribution >= 0.6 is 7.92 Å². The average Bonchev–Trinajstić information content (AvgIpc) is 3.23. The van der Waals surface area contributed by atoms with E-state index in [1.165, 1.54) is 21.5 Å². The van der Waals surface area contributed by atoms with Crippen LogP contribution in [-0.2, 0) is 4.74 Å². The van der Waals surface area contributed by atoms with Gasteiger partial charge < -0.3 is 4.74 Å². The minimum atomic E-state index is -0.727. The molecule has 2 unspecified atom stereocenters. The molecule has 0 saturated carbocycles. The Balaban J connectivity index is 1.58. The molecule has 1 heterocycles. The number of nitrogens with zero attached hydrogens (tertiary/aromatic N) is 1. The van der Waals surface area contributed by atoms with Gasteiger partial charge in [-0.1, -0.05) is 109 Å². The summed E-state index contributed by atoms with van der Waals surface area (Å²) in [6.07, 6.45) is -0.0519. The Kier molecular flexibility index (Phi) is 5.65. The van der Waals surface area contributed by atoms with Crippen molar-refractivity contribution >= 4 is 29.7 Å². The molecule has 4 aromatic carbocycles. The van der Waals surface area contributed by atoms with E-state index >= 15 is 0 Å². The molecule has 2 atom stereocenters. The molecule has 0 saturated heterocycles. The number of benzene rings is 4. The first kappa shape index (κ1) is 19.7. The minimum Gasteiger partial charge on any atom is -0.467 e. The number of rotatable bonds is 5. The predicted octanol–water partition coefficient (Wildman–Crippen LogP) is 5.35. The van der Waals surface area contributed by atoms with Crippen molar-refractivity contribution in [3.63, 3.8) is 0 Å². The van der Waals surface area contributed by atoms with Gasteiger partial charge in [0, 0.05) is 5.56 Å². The monoisotopic (exact) mass is 421 g/mol. The van der Waals surface area contributed by atoms with Gasteiger partial charge in [-0.05, 0) is 42.4 Å². The van der Waals surface area contributed by atoms with Gasteiger partial charge in [-0.15, -0.1) is 0 Å². The van der Waals surface area contributed by atoms with E-state index in [-0.39, 0.29) is 12.1 Å². The van der Waals surface area contributed by atoms with Crippen molar-refractivity contribution in [3.05, 3.63) is 126 Å². The minimum absolute atomic E-state index is 0.0519. The zero-order valence-corrected chi connectivity index (χ0v) is 18.3. The molecule has 1 aliphatic rings. The van der Waals surface area contributed by atoms with Crippen LogP contribution in [-0.4, -0.2) is 11.9 Å². The van der Waals surface area contributed by atoms with Crippen LogP contribution in [0.1, 0.15) is 24.2 Å². The van der Waals surface area contributed by atoms with Crippen LogP contribution in [0.3, 0.4) is 0 Å². The second-order valence-electron chi connectivity index (χ2n) is 7.65. The first-order valence-corrected chi connectivity index (χ1v) is 11.9. The zero-order valence-electron chi connectivity index (χ0n) is 17.4. The topological polar surface area (TPSA) is 21.6 Å². The van der Waals surface area contributed by atoms with Crippen molar-refractivity contribution < 1.29 is 4.74 Å². The van der Waals surface area contributed by atoms with Crippen LogP contribution in [0.2, 0.25) is 0 Å². The van der Waals surface area contributed by atoms with Crippen molar-refractivity contribution in [2.24, 2.45) is 4.99 Å². The Morgan fingerprint density at radius 2 is 1.16 bits per heavy atom. The summed E-state index contributed by atoms with van der Waals surface area (Å²) in [7, 11) is -0.727. The summed E-state index contributed by atoms with van der Waals surface area (Å²) >= 11 is 0. The Bertz CT molecular complexity index is 1140. The molecule has 0 N–H and O–H groups in total. The summed E-state index contributed by atoms with van der Waals surface area (Å²) < 4.78 is 6.47. The standard InChI is InChI=1S/C28H24NOP/c1-21-27(22-13-5-2-6-14-22)30-28(29-21)25-19-11-12-20-26(25)31(23-15-7-3-8-16-23)24-17-9-4-10-18-24/h2-21,27H,1H3. The van der Waals surface area contributed by atoms with E-state index in [0.29, 0.717) is 0 Å². The predicted molar refractivity (Wildman–Crippen MR) is 131 cm³/mol. The van der Waals surface area contributed by atoms with E-state index in [0.717, 1.165) is 11.5 Å². The van der Waals surface area contributed by atoms with Gasteiger partial charge in [0.2, 0.25) is 5.90 Å². The normalized spacial score (nSPS) is 17.9. The number of aliphatic imine (C=N–C) groups is 1. The molecule has 1 aliphatic heterocycles. The van der Waals surface area contributed by atoms with E-state index in [1.54, 1.807) is 0 Å². The van der Waals surface area contributed by atoms with E-state index in [4.69, 9.17) is 9.73 Å². The Morgan fingerprint density at radius 3 is 1.77 bits per heavy atom. The molecule has 0 amide bonds. The molecule has 0 spiro atoms. The molecule has 0 bridgehead atoms. The molecule has 4 aromatic rings. The van der Waals surface area contributed by atoms with Gasteiger partial charge in [-0.25, -0.2) is 4.99 Å². The third-order valence-electron chi connectivity index (χ3n) is 5.53. The van der Waals surface area contributed by atoms with E-state index in [2.05, 4.69) is 116 Å².